The highest BCUT2D eigenvalue weighted by Crippen LogP contribution is 2.28. The Hall–Kier alpha value is -3.38. The number of nitrogens with zero attached hydrogens (tertiary/aromatic N) is 2. The molecule has 2 N–H and O–H groups in total. The predicted molar refractivity (Wildman–Crippen MR) is 91.6 cm³/mol. The van der Waals surface area contributed by atoms with Crippen LogP contribution in [0, 0.1) is 20.2 Å². The molecule has 0 aliphatic heterocycles. The molecule has 0 spiro atoms. The van der Waals surface area contributed by atoms with Crippen LogP contribution in [0.3, 0.4) is 0 Å². The third-order valence-corrected chi connectivity index (χ3v) is 5.04. The molecule has 0 aliphatic carbocycles. The van der Waals surface area contributed by atoms with Gasteiger partial charge in [-0.2, -0.15) is 4.72 Å². The van der Waals surface area contributed by atoms with E-state index in [0.29, 0.717) is 17.7 Å². The SMILES string of the molecule is O=C(O)C(Cc1ccccc1)NS(=O)(=O)c1ccc([N+](=O)[O-])cc1[N+](=O)[O-]. The van der Waals surface area contributed by atoms with E-state index in [1.165, 1.54) is 0 Å². The first-order chi connectivity index (χ1) is 12.6. The summed E-state index contributed by atoms with van der Waals surface area (Å²) in [4.78, 5) is 30.4. The summed E-state index contributed by atoms with van der Waals surface area (Å²) in [5.74, 6) is -1.48. The third kappa shape index (κ3) is 4.83. The molecule has 2 rings (SSSR count). The van der Waals surface area contributed by atoms with Gasteiger partial charge in [0.05, 0.1) is 15.9 Å². The number of aliphatic carboxylic acids is 1. The molecule has 0 saturated carbocycles. The lowest BCUT2D eigenvalue weighted by Crippen LogP contribution is -2.42. The highest BCUT2D eigenvalue weighted by molar-refractivity contribution is 7.89. The molecule has 0 saturated heterocycles. The highest BCUT2D eigenvalue weighted by atomic mass is 32.2. The second-order valence-electron chi connectivity index (χ2n) is 5.37. The van der Waals surface area contributed by atoms with Crippen molar-refractivity contribution in [2.45, 2.75) is 17.4 Å². The fourth-order valence-electron chi connectivity index (χ4n) is 2.27. The molecule has 12 heteroatoms. The summed E-state index contributed by atoms with van der Waals surface area (Å²) in [6.07, 6.45) is -0.198. The van der Waals surface area contributed by atoms with Crippen molar-refractivity contribution in [2.75, 3.05) is 0 Å². The van der Waals surface area contributed by atoms with Gasteiger partial charge in [0.15, 0.2) is 4.90 Å². The number of nitro benzene ring substituents is 2. The van der Waals surface area contributed by atoms with Crippen molar-refractivity contribution in [2.24, 2.45) is 0 Å². The van der Waals surface area contributed by atoms with Gasteiger partial charge in [0.1, 0.15) is 6.04 Å². The van der Waals surface area contributed by atoms with Gasteiger partial charge in [-0.05, 0) is 18.1 Å². The Morgan fingerprint density at radius 3 is 2.22 bits per heavy atom. The average molecular weight is 395 g/mol. The van der Waals surface area contributed by atoms with Gasteiger partial charge in [0.2, 0.25) is 10.0 Å². The number of sulfonamides is 1. The predicted octanol–water partition coefficient (Wildman–Crippen LogP) is 1.48. The Bertz CT molecular complexity index is 991. The summed E-state index contributed by atoms with van der Waals surface area (Å²) >= 11 is 0. The van der Waals surface area contributed by atoms with E-state index in [4.69, 9.17) is 0 Å². The smallest absolute Gasteiger partial charge is 0.322 e. The summed E-state index contributed by atoms with van der Waals surface area (Å²) < 4.78 is 26.9. The van der Waals surface area contributed by atoms with Crippen LogP contribution >= 0.6 is 0 Å². The van der Waals surface area contributed by atoms with Crippen molar-refractivity contribution in [3.8, 4) is 0 Å². The van der Waals surface area contributed by atoms with E-state index >= 15 is 0 Å². The minimum Gasteiger partial charge on any atom is -0.480 e. The van der Waals surface area contributed by atoms with Gasteiger partial charge in [0, 0.05) is 6.07 Å². The second-order valence-corrected chi connectivity index (χ2v) is 7.05. The van der Waals surface area contributed by atoms with Gasteiger partial charge in [-0.1, -0.05) is 30.3 Å². The van der Waals surface area contributed by atoms with Crippen molar-refractivity contribution < 1.29 is 28.2 Å². The Morgan fingerprint density at radius 1 is 1.07 bits per heavy atom. The lowest BCUT2D eigenvalue weighted by atomic mass is 10.1. The summed E-state index contributed by atoms with van der Waals surface area (Å²) in [5, 5.41) is 31.2. The van der Waals surface area contributed by atoms with E-state index in [0.717, 1.165) is 6.07 Å². The molecule has 0 radical (unpaired) electrons. The first kappa shape index (κ1) is 19.9. The molecule has 0 aliphatic rings. The van der Waals surface area contributed by atoms with Crippen LogP contribution in [0.15, 0.2) is 53.4 Å². The van der Waals surface area contributed by atoms with Crippen LogP contribution in [0.4, 0.5) is 11.4 Å². The Labute approximate surface area is 152 Å². The number of rotatable bonds is 8. The van der Waals surface area contributed by atoms with Gasteiger partial charge in [-0.25, -0.2) is 8.42 Å². The van der Waals surface area contributed by atoms with Gasteiger partial charge in [0.25, 0.3) is 11.4 Å². The Morgan fingerprint density at radius 2 is 1.70 bits per heavy atom. The molecule has 27 heavy (non-hydrogen) atoms. The molecule has 0 heterocycles. The first-order valence-electron chi connectivity index (χ1n) is 7.33. The monoisotopic (exact) mass is 395 g/mol. The van der Waals surface area contributed by atoms with Crippen LogP contribution < -0.4 is 4.72 Å². The maximum absolute atomic E-state index is 12.5. The topological polar surface area (TPSA) is 170 Å². The van der Waals surface area contributed by atoms with E-state index in [-0.39, 0.29) is 6.42 Å². The zero-order valence-corrected chi connectivity index (χ0v) is 14.3. The molecule has 2 aromatic carbocycles. The van der Waals surface area contributed by atoms with Crippen LogP contribution in [0.2, 0.25) is 0 Å². The Kier molecular flexibility index (Phi) is 5.82. The maximum Gasteiger partial charge on any atom is 0.322 e. The first-order valence-corrected chi connectivity index (χ1v) is 8.82. The van der Waals surface area contributed by atoms with Crippen molar-refractivity contribution in [1.29, 1.82) is 0 Å². The quantitative estimate of drug-likeness (QED) is 0.500. The van der Waals surface area contributed by atoms with Crippen LogP contribution in [0.1, 0.15) is 5.56 Å². The second kappa shape index (κ2) is 7.88. The lowest BCUT2D eigenvalue weighted by molar-refractivity contribution is -0.396. The van der Waals surface area contributed by atoms with Crippen molar-refractivity contribution in [3.63, 3.8) is 0 Å². The van der Waals surface area contributed by atoms with Crippen molar-refractivity contribution in [1.82, 2.24) is 4.72 Å². The van der Waals surface area contributed by atoms with Gasteiger partial charge < -0.3 is 5.11 Å². The van der Waals surface area contributed by atoms with Gasteiger partial charge >= 0.3 is 5.97 Å². The number of carbonyl (C=O) groups is 1. The summed E-state index contributed by atoms with van der Waals surface area (Å²) in [6.45, 7) is 0. The van der Waals surface area contributed by atoms with Crippen LogP contribution in [-0.2, 0) is 21.2 Å². The van der Waals surface area contributed by atoms with E-state index in [1.807, 2.05) is 4.72 Å². The van der Waals surface area contributed by atoms with E-state index < -0.39 is 48.2 Å². The fourth-order valence-corrected chi connectivity index (χ4v) is 3.61. The zero-order valence-electron chi connectivity index (χ0n) is 13.5. The number of carboxylic acid groups (broad SMARTS) is 1. The molecule has 0 aromatic heterocycles. The fraction of sp³-hybridized carbons (Fsp3) is 0.133. The summed E-state index contributed by atoms with van der Waals surface area (Å²) in [7, 11) is -4.64. The van der Waals surface area contributed by atoms with E-state index in [2.05, 4.69) is 0 Å². The highest BCUT2D eigenvalue weighted by Gasteiger charge is 2.32. The van der Waals surface area contributed by atoms with Crippen LogP contribution in [-0.4, -0.2) is 35.4 Å². The van der Waals surface area contributed by atoms with E-state index in [9.17, 15) is 38.5 Å². The van der Waals surface area contributed by atoms with E-state index in [1.54, 1.807) is 30.3 Å². The van der Waals surface area contributed by atoms with Gasteiger partial charge in [-0.3, -0.25) is 25.0 Å². The molecule has 1 unspecified atom stereocenters. The molecular weight excluding hydrogens is 382 g/mol. The maximum atomic E-state index is 12.5. The standard InChI is InChI=1S/C15H13N3O8S/c19-15(20)12(8-10-4-2-1-3-5-10)16-27(25,26)14-7-6-11(17(21)22)9-13(14)18(23)24/h1-7,9,12,16H,8H2,(H,19,20). The molecular formula is C15H13N3O8S. The normalized spacial score (nSPS) is 12.3. The number of non-ortho nitro benzene ring substituents is 1. The molecule has 0 amide bonds. The summed E-state index contributed by atoms with van der Waals surface area (Å²) in [5.41, 5.74) is -1.16. The molecule has 142 valence electrons. The average Bonchev–Trinajstić information content (AvgIpc) is 2.61. The molecule has 11 nitrogen and oxygen atoms in total. The minimum atomic E-state index is -4.64. The molecule has 0 bridgehead atoms. The number of carboxylic acids is 1. The summed E-state index contributed by atoms with van der Waals surface area (Å²) in [6, 6.07) is 8.57. The largest absolute Gasteiger partial charge is 0.480 e. The number of hydrogen-bond donors (Lipinski definition) is 2. The van der Waals surface area contributed by atoms with Crippen LogP contribution in [0.25, 0.3) is 0 Å². The number of hydrogen-bond acceptors (Lipinski definition) is 7. The lowest BCUT2D eigenvalue weighted by Gasteiger charge is -2.15. The van der Waals surface area contributed by atoms with Crippen molar-refractivity contribution >= 4 is 27.4 Å². The third-order valence-electron chi connectivity index (χ3n) is 3.52. The number of benzene rings is 2. The number of nitrogens with one attached hydrogen (secondary N) is 1. The van der Waals surface area contributed by atoms with Crippen molar-refractivity contribution in [3.05, 3.63) is 74.3 Å². The molecule has 2 aromatic rings. The molecule has 1 atom stereocenters. The van der Waals surface area contributed by atoms with Crippen LogP contribution in [0.5, 0.6) is 0 Å². The number of nitro groups is 2. The van der Waals surface area contributed by atoms with Gasteiger partial charge in [-0.15, -0.1) is 0 Å². The Balaban J connectivity index is 2.40. The zero-order chi connectivity index (χ0) is 20.2. The molecule has 0 fully saturated rings. The minimum absolute atomic E-state index is 0.198.